The van der Waals surface area contributed by atoms with Crippen LogP contribution in [0.5, 0.6) is 5.75 Å². The summed E-state index contributed by atoms with van der Waals surface area (Å²) in [6.45, 7) is 11.2. The molecule has 1 amide bonds. The molecule has 0 saturated heterocycles. The van der Waals surface area contributed by atoms with E-state index in [2.05, 4.69) is 10.3 Å². The second kappa shape index (κ2) is 11.8. The van der Waals surface area contributed by atoms with Gasteiger partial charge in [0, 0.05) is 28.6 Å². The molecule has 0 atom stereocenters. The van der Waals surface area contributed by atoms with Gasteiger partial charge in [-0.15, -0.1) is 0 Å². The lowest BCUT2D eigenvalue weighted by Gasteiger charge is -2.20. The van der Waals surface area contributed by atoms with Gasteiger partial charge in [-0.25, -0.2) is 9.78 Å². The first kappa shape index (κ1) is 30.2. The zero-order chi connectivity index (χ0) is 31.8. The maximum atomic E-state index is 13.5. The maximum absolute atomic E-state index is 13.5. The number of amides is 1. The molecular weight excluding hydrogens is 556 g/mol. The zero-order valence-electron chi connectivity index (χ0n) is 25.9. The van der Waals surface area contributed by atoms with E-state index in [1.54, 1.807) is 56.6 Å². The Kier molecular flexibility index (Phi) is 8.06. The number of ether oxygens (including phenoxy) is 2. The standard InChI is InChI=1S/C35H36N4O5/c1-21-11-8-12-22(2)30(21)27-20-25(16-17-29(27)43-7)32-36-23(3)31(39(32)42)33(40)37-26-14-9-13-24(19-26)28-15-10-18-38(28)34(41)44-35(4,5)6/h8-20,42H,1-7H3,(H,37,40). The second-order valence-corrected chi connectivity index (χ2v) is 11.6. The quantitative estimate of drug-likeness (QED) is 0.194. The number of hydrogen-bond acceptors (Lipinski definition) is 6. The average Bonchev–Trinajstić information content (AvgIpc) is 3.56. The third-order valence-electron chi connectivity index (χ3n) is 7.21. The van der Waals surface area contributed by atoms with Crippen molar-refractivity contribution in [2.24, 2.45) is 0 Å². The molecule has 2 heterocycles. The van der Waals surface area contributed by atoms with Crippen molar-refractivity contribution < 1.29 is 24.3 Å². The number of anilines is 1. The van der Waals surface area contributed by atoms with Crippen LogP contribution in [0.4, 0.5) is 10.5 Å². The first-order valence-electron chi connectivity index (χ1n) is 14.2. The second-order valence-electron chi connectivity index (χ2n) is 11.6. The largest absolute Gasteiger partial charge is 0.496 e. The van der Waals surface area contributed by atoms with Crippen molar-refractivity contribution in [2.75, 3.05) is 12.4 Å². The Bertz CT molecular complexity index is 1860. The molecule has 0 saturated carbocycles. The van der Waals surface area contributed by atoms with Gasteiger partial charge in [0.05, 0.1) is 18.5 Å². The molecule has 0 aliphatic rings. The van der Waals surface area contributed by atoms with Crippen molar-refractivity contribution in [1.82, 2.24) is 14.3 Å². The molecule has 0 aliphatic heterocycles. The van der Waals surface area contributed by atoms with E-state index in [1.165, 1.54) is 4.57 Å². The molecule has 5 aromatic rings. The normalized spacial score (nSPS) is 11.3. The number of nitrogens with zero attached hydrogens (tertiary/aromatic N) is 3. The number of aromatic nitrogens is 3. The highest BCUT2D eigenvalue weighted by atomic mass is 16.6. The monoisotopic (exact) mass is 592 g/mol. The van der Waals surface area contributed by atoms with Crippen molar-refractivity contribution in [2.45, 2.75) is 47.1 Å². The number of rotatable bonds is 6. The topological polar surface area (TPSA) is 108 Å². The minimum atomic E-state index is -0.648. The minimum absolute atomic E-state index is 0.00646. The number of benzene rings is 3. The van der Waals surface area contributed by atoms with Crippen LogP contribution in [-0.2, 0) is 4.74 Å². The summed E-state index contributed by atoms with van der Waals surface area (Å²) in [6, 6.07) is 22.3. The van der Waals surface area contributed by atoms with Crippen molar-refractivity contribution >= 4 is 17.7 Å². The van der Waals surface area contributed by atoms with Crippen LogP contribution in [0.15, 0.2) is 79.0 Å². The molecule has 0 bridgehead atoms. The van der Waals surface area contributed by atoms with Crippen LogP contribution < -0.4 is 10.1 Å². The van der Waals surface area contributed by atoms with E-state index in [0.717, 1.165) is 27.0 Å². The predicted octanol–water partition coefficient (Wildman–Crippen LogP) is 7.89. The molecule has 2 aromatic heterocycles. The van der Waals surface area contributed by atoms with Crippen molar-refractivity contribution in [1.29, 1.82) is 0 Å². The lowest BCUT2D eigenvalue weighted by Crippen LogP contribution is -2.27. The third kappa shape index (κ3) is 5.94. The summed E-state index contributed by atoms with van der Waals surface area (Å²) < 4.78 is 13.4. The van der Waals surface area contributed by atoms with Gasteiger partial charge in [0.25, 0.3) is 5.91 Å². The summed E-state index contributed by atoms with van der Waals surface area (Å²) >= 11 is 0. The number of hydrogen-bond donors (Lipinski definition) is 2. The van der Waals surface area contributed by atoms with Crippen LogP contribution in [0, 0.1) is 20.8 Å². The van der Waals surface area contributed by atoms with Crippen LogP contribution in [0.25, 0.3) is 33.8 Å². The van der Waals surface area contributed by atoms with Gasteiger partial charge >= 0.3 is 6.09 Å². The molecule has 0 spiro atoms. The number of carbonyl (C=O) groups excluding carboxylic acids is 2. The Hall–Kier alpha value is -5.31. The number of aryl methyl sites for hydroxylation is 3. The number of carbonyl (C=O) groups is 2. The van der Waals surface area contributed by atoms with Crippen LogP contribution in [0.2, 0.25) is 0 Å². The Morgan fingerprint density at radius 1 is 0.886 bits per heavy atom. The van der Waals surface area contributed by atoms with Crippen LogP contribution >= 0.6 is 0 Å². The molecule has 0 radical (unpaired) electrons. The first-order chi connectivity index (χ1) is 20.9. The lowest BCUT2D eigenvalue weighted by molar-refractivity contribution is 0.0540. The van der Waals surface area contributed by atoms with E-state index in [0.29, 0.717) is 34.0 Å². The van der Waals surface area contributed by atoms with E-state index >= 15 is 0 Å². The fourth-order valence-corrected chi connectivity index (χ4v) is 5.28. The van der Waals surface area contributed by atoms with Crippen molar-refractivity contribution in [3.05, 3.63) is 102 Å². The highest BCUT2D eigenvalue weighted by molar-refractivity contribution is 6.04. The fourth-order valence-electron chi connectivity index (χ4n) is 5.28. The Balaban J connectivity index is 1.45. The van der Waals surface area contributed by atoms with Gasteiger partial charge in [-0.05, 0) is 101 Å². The summed E-state index contributed by atoms with van der Waals surface area (Å²) in [5.74, 6) is 0.383. The van der Waals surface area contributed by atoms with E-state index in [-0.39, 0.29) is 11.5 Å². The lowest BCUT2D eigenvalue weighted by atomic mass is 9.93. The summed E-state index contributed by atoms with van der Waals surface area (Å²) in [5.41, 5.74) is 6.21. The Morgan fingerprint density at radius 2 is 1.59 bits per heavy atom. The van der Waals surface area contributed by atoms with E-state index < -0.39 is 17.6 Å². The number of nitrogens with one attached hydrogen (secondary N) is 1. The van der Waals surface area contributed by atoms with Gasteiger partial charge in [0.15, 0.2) is 11.5 Å². The van der Waals surface area contributed by atoms with Gasteiger partial charge in [-0.3, -0.25) is 9.36 Å². The molecule has 44 heavy (non-hydrogen) atoms. The molecule has 3 aromatic carbocycles. The van der Waals surface area contributed by atoms with Gasteiger partial charge in [0.2, 0.25) is 0 Å². The SMILES string of the molecule is COc1ccc(-c2nc(C)c(C(=O)Nc3cccc(-c4cccn4C(=O)OC(C)(C)C)c3)n2O)cc1-c1c(C)cccc1C. The molecule has 0 fully saturated rings. The smallest absolute Gasteiger partial charge is 0.418 e. The van der Waals surface area contributed by atoms with Crippen molar-refractivity contribution in [3.8, 4) is 39.5 Å². The van der Waals surface area contributed by atoms with Crippen LogP contribution in [0.1, 0.15) is 48.1 Å². The van der Waals surface area contributed by atoms with E-state index in [1.807, 2.05) is 71.0 Å². The summed E-state index contributed by atoms with van der Waals surface area (Å²) in [7, 11) is 1.62. The first-order valence-corrected chi connectivity index (χ1v) is 14.2. The molecule has 2 N–H and O–H groups in total. The summed E-state index contributed by atoms with van der Waals surface area (Å²) in [6.07, 6.45) is 1.13. The molecular formula is C35H36N4O5. The van der Waals surface area contributed by atoms with Gasteiger partial charge in [0.1, 0.15) is 11.4 Å². The van der Waals surface area contributed by atoms with E-state index in [4.69, 9.17) is 9.47 Å². The highest BCUT2D eigenvalue weighted by Crippen LogP contribution is 2.38. The highest BCUT2D eigenvalue weighted by Gasteiger charge is 2.24. The van der Waals surface area contributed by atoms with Crippen LogP contribution in [0.3, 0.4) is 0 Å². The third-order valence-corrected chi connectivity index (χ3v) is 7.21. The van der Waals surface area contributed by atoms with Crippen LogP contribution in [-0.4, -0.2) is 44.2 Å². The minimum Gasteiger partial charge on any atom is -0.496 e. The summed E-state index contributed by atoms with van der Waals surface area (Å²) in [4.78, 5) is 30.8. The molecule has 9 nitrogen and oxygen atoms in total. The Labute approximate surface area is 256 Å². The van der Waals surface area contributed by atoms with Gasteiger partial charge in [-0.1, -0.05) is 30.3 Å². The molecule has 226 valence electrons. The Morgan fingerprint density at radius 3 is 2.27 bits per heavy atom. The predicted molar refractivity (Wildman–Crippen MR) is 170 cm³/mol. The summed E-state index contributed by atoms with van der Waals surface area (Å²) in [5, 5.41) is 14.1. The molecule has 0 aliphatic carbocycles. The van der Waals surface area contributed by atoms with E-state index in [9.17, 15) is 14.8 Å². The maximum Gasteiger partial charge on any atom is 0.418 e. The van der Waals surface area contributed by atoms with Gasteiger partial charge < -0.3 is 20.0 Å². The zero-order valence-corrected chi connectivity index (χ0v) is 25.9. The average molecular weight is 593 g/mol. The van der Waals surface area contributed by atoms with Crippen molar-refractivity contribution in [3.63, 3.8) is 0 Å². The molecule has 5 rings (SSSR count). The molecule has 0 unspecified atom stereocenters. The molecule has 9 heteroatoms. The fraction of sp³-hybridized carbons (Fsp3) is 0.229. The van der Waals surface area contributed by atoms with Gasteiger partial charge in [-0.2, -0.15) is 4.73 Å². The number of methoxy groups -OCH3 is 1. The number of imidazole rings is 1.